The highest BCUT2D eigenvalue weighted by Gasteiger charge is 2.07. The minimum atomic E-state index is 0.392. The van der Waals surface area contributed by atoms with Gasteiger partial charge in [-0.15, -0.1) is 0 Å². The molecule has 0 atom stereocenters. The Hall–Kier alpha value is -1.03. The molecule has 2 nitrogen and oxygen atoms in total. The molecule has 0 aliphatic rings. The summed E-state index contributed by atoms with van der Waals surface area (Å²) in [5, 5.41) is 0.661. The van der Waals surface area contributed by atoms with E-state index in [1.807, 2.05) is 37.3 Å². The zero-order chi connectivity index (χ0) is 13.1. The van der Waals surface area contributed by atoms with Gasteiger partial charge in [-0.2, -0.15) is 0 Å². The maximum atomic E-state index is 5.94. The van der Waals surface area contributed by atoms with Crippen LogP contribution in [0.4, 0.5) is 0 Å². The van der Waals surface area contributed by atoms with Crippen LogP contribution < -0.4 is 10.5 Å². The third kappa shape index (κ3) is 3.05. The summed E-state index contributed by atoms with van der Waals surface area (Å²) in [7, 11) is 0. The van der Waals surface area contributed by atoms with Crippen molar-refractivity contribution in [1.29, 1.82) is 0 Å². The second-order valence-electron chi connectivity index (χ2n) is 3.97. The predicted molar refractivity (Wildman–Crippen MR) is 78.3 cm³/mol. The van der Waals surface area contributed by atoms with Gasteiger partial charge in [-0.1, -0.05) is 33.6 Å². The molecule has 4 heteroatoms. The third-order valence-corrected chi connectivity index (χ3v) is 3.34. The molecule has 0 saturated heterocycles. The molecule has 2 aromatic carbocycles. The molecule has 18 heavy (non-hydrogen) atoms. The lowest BCUT2D eigenvalue weighted by atomic mass is 10.2. The molecule has 0 spiro atoms. The van der Waals surface area contributed by atoms with Crippen molar-refractivity contribution in [3.63, 3.8) is 0 Å². The fourth-order valence-corrected chi connectivity index (χ4v) is 2.14. The van der Waals surface area contributed by atoms with Crippen molar-refractivity contribution in [2.24, 2.45) is 5.73 Å². The molecule has 2 rings (SSSR count). The van der Waals surface area contributed by atoms with E-state index in [1.54, 1.807) is 6.07 Å². The van der Waals surface area contributed by atoms with Crippen molar-refractivity contribution >= 4 is 27.5 Å². The zero-order valence-corrected chi connectivity index (χ0v) is 12.3. The molecule has 0 radical (unpaired) electrons. The van der Waals surface area contributed by atoms with Crippen LogP contribution in [0.2, 0.25) is 5.02 Å². The molecule has 2 N–H and O–H groups in total. The zero-order valence-electron chi connectivity index (χ0n) is 9.91. The summed E-state index contributed by atoms with van der Waals surface area (Å²) in [6.45, 7) is 2.39. The highest BCUT2D eigenvalue weighted by atomic mass is 79.9. The highest BCUT2D eigenvalue weighted by molar-refractivity contribution is 9.10. The van der Waals surface area contributed by atoms with E-state index in [0.29, 0.717) is 11.6 Å². The fourth-order valence-electron chi connectivity index (χ4n) is 1.61. The predicted octanol–water partition coefficient (Wildman–Crippen LogP) is 4.66. The Morgan fingerprint density at radius 1 is 1.17 bits per heavy atom. The van der Waals surface area contributed by atoms with E-state index in [2.05, 4.69) is 15.9 Å². The Bertz CT molecular complexity index is 572. The van der Waals surface area contributed by atoms with Crippen LogP contribution in [0.15, 0.2) is 40.9 Å². The third-order valence-electron chi connectivity index (χ3n) is 2.61. The van der Waals surface area contributed by atoms with Crippen molar-refractivity contribution in [3.8, 4) is 11.5 Å². The van der Waals surface area contributed by atoms with Crippen LogP contribution >= 0.6 is 27.5 Å². The lowest BCUT2D eigenvalue weighted by Crippen LogP contribution is -2.00. The second kappa shape index (κ2) is 5.74. The van der Waals surface area contributed by atoms with Crippen LogP contribution in [0.1, 0.15) is 11.1 Å². The summed E-state index contributed by atoms with van der Waals surface area (Å²) >= 11 is 9.37. The van der Waals surface area contributed by atoms with E-state index in [9.17, 15) is 0 Å². The minimum Gasteiger partial charge on any atom is -0.457 e. The van der Waals surface area contributed by atoms with Gasteiger partial charge in [0, 0.05) is 21.6 Å². The Morgan fingerprint density at radius 3 is 2.67 bits per heavy atom. The second-order valence-corrected chi connectivity index (χ2v) is 5.32. The number of benzene rings is 2. The smallest absolute Gasteiger partial charge is 0.132 e. The van der Waals surface area contributed by atoms with E-state index < -0.39 is 0 Å². The number of rotatable bonds is 3. The SMILES string of the molecule is Cc1ccc(Br)cc1Oc1ccc(Cl)cc1CN. The number of aryl methyl sites for hydroxylation is 1. The Labute approximate surface area is 120 Å². The van der Waals surface area contributed by atoms with Crippen LogP contribution in [0.5, 0.6) is 11.5 Å². The lowest BCUT2D eigenvalue weighted by molar-refractivity contribution is 0.472. The molecule has 0 heterocycles. The average Bonchev–Trinajstić information content (AvgIpc) is 2.36. The van der Waals surface area contributed by atoms with Crippen LogP contribution in [0.25, 0.3) is 0 Å². The summed E-state index contributed by atoms with van der Waals surface area (Å²) in [5.74, 6) is 1.55. The monoisotopic (exact) mass is 325 g/mol. The van der Waals surface area contributed by atoms with Gasteiger partial charge < -0.3 is 10.5 Å². The van der Waals surface area contributed by atoms with Gasteiger partial charge in [-0.25, -0.2) is 0 Å². The van der Waals surface area contributed by atoms with Gasteiger partial charge in [0.05, 0.1) is 0 Å². The maximum absolute atomic E-state index is 5.94. The molecule has 0 fully saturated rings. The molecule has 0 unspecified atom stereocenters. The number of halogens is 2. The largest absolute Gasteiger partial charge is 0.457 e. The lowest BCUT2D eigenvalue weighted by Gasteiger charge is -2.12. The standard InChI is InChI=1S/C14H13BrClNO/c1-9-2-3-11(15)7-14(9)18-13-5-4-12(16)6-10(13)8-17/h2-7H,8,17H2,1H3. The molecule has 0 aromatic heterocycles. The van der Waals surface area contributed by atoms with Crippen molar-refractivity contribution in [1.82, 2.24) is 0 Å². The molecule has 2 aromatic rings. The van der Waals surface area contributed by atoms with Gasteiger partial charge in [-0.3, -0.25) is 0 Å². The van der Waals surface area contributed by atoms with Crippen molar-refractivity contribution < 1.29 is 4.74 Å². The quantitative estimate of drug-likeness (QED) is 0.890. The summed E-state index contributed by atoms with van der Waals surface area (Å²) < 4.78 is 6.88. The Kier molecular flexibility index (Phi) is 4.27. The number of nitrogens with two attached hydrogens (primary N) is 1. The van der Waals surface area contributed by atoms with Crippen LogP contribution in [-0.2, 0) is 6.54 Å². The van der Waals surface area contributed by atoms with Crippen molar-refractivity contribution in [2.45, 2.75) is 13.5 Å². The van der Waals surface area contributed by atoms with Gasteiger partial charge in [-0.05, 0) is 42.8 Å². The summed E-state index contributed by atoms with van der Waals surface area (Å²) in [6.07, 6.45) is 0. The van der Waals surface area contributed by atoms with Gasteiger partial charge in [0.2, 0.25) is 0 Å². The highest BCUT2D eigenvalue weighted by Crippen LogP contribution is 2.31. The molecule has 0 bridgehead atoms. The first-order valence-electron chi connectivity index (χ1n) is 5.52. The summed E-state index contributed by atoms with van der Waals surface area (Å²) in [5.41, 5.74) is 7.65. The molecule has 0 aliphatic carbocycles. The molecule has 0 saturated carbocycles. The summed E-state index contributed by atoms with van der Waals surface area (Å²) in [4.78, 5) is 0. The number of ether oxygens (including phenoxy) is 1. The van der Waals surface area contributed by atoms with E-state index in [4.69, 9.17) is 22.1 Å². The topological polar surface area (TPSA) is 35.2 Å². The maximum Gasteiger partial charge on any atom is 0.132 e. The molecular weight excluding hydrogens is 314 g/mol. The number of hydrogen-bond donors (Lipinski definition) is 1. The molecule has 0 amide bonds. The van der Waals surface area contributed by atoms with Crippen LogP contribution in [-0.4, -0.2) is 0 Å². The minimum absolute atomic E-state index is 0.392. The normalized spacial score (nSPS) is 10.4. The van der Waals surface area contributed by atoms with Crippen molar-refractivity contribution in [3.05, 3.63) is 57.0 Å². The van der Waals surface area contributed by atoms with Gasteiger partial charge in [0.1, 0.15) is 11.5 Å². The molecule has 0 aliphatic heterocycles. The van der Waals surface area contributed by atoms with Crippen LogP contribution in [0.3, 0.4) is 0 Å². The van der Waals surface area contributed by atoms with E-state index in [-0.39, 0.29) is 0 Å². The first-order valence-corrected chi connectivity index (χ1v) is 6.70. The van der Waals surface area contributed by atoms with E-state index >= 15 is 0 Å². The van der Waals surface area contributed by atoms with Gasteiger partial charge in [0.15, 0.2) is 0 Å². The molecular formula is C14H13BrClNO. The molecule has 94 valence electrons. The Balaban J connectivity index is 2.36. The first-order chi connectivity index (χ1) is 8.60. The summed E-state index contributed by atoms with van der Waals surface area (Å²) in [6, 6.07) is 11.4. The van der Waals surface area contributed by atoms with Gasteiger partial charge in [0.25, 0.3) is 0 Å². The average molecular weight is 327 g/mol. The van der Waals surface area contributed by atoms with Crippen LogP contribution in [0, 0.1) is 6.92 Å². The first kappa shape index (κ1) is 13.4. The Morgan fingerprint density at radius 2 is 1.94 bits per heavy atom. The van der Waals surface area contributed by atoms with E-state index in [1.165, 1.54) is 0 Å². The number of hydrogen-bond acceptors (Lipinski definition) is 2. The van der Waals surface area contributed by atoms with Crippen molar-refractivity contribution in [2.75, 3.05) is 0 Å². The van der Waals surface area contributed by atoms with E-state index in [0.717, 1.165) is 27.1 Å². The fraction of sp³-hybridized carbons (Fsp3) is 0.143. The van der Waals surface area contributed by atoms with Gasteiger partial charge >= 0.3 is 0 Å².